The van der Waals surface area contributed by atoms with Crippen molar-refractivity contribution in [1.29, 1.82) is 0 Å². The molecule has 2 heteroatoms. The maximum atomic E-state index is 12.6. The number of carbonyl (C=O) groups excluding carboxylic acids is 2. The van der Waals surface area contributed by atoms with Crippen molar-refractivity contribution in [3.63, 3.8) is 0 Å². The summed E-state index contributed by atoms with van der Waals surface area (Å²) in [5.74, 6) is 1.83. The minimum absolute atomic E-state index is 0.304. The van der Waals surface area contributed by atoms with E-state index >= 15 is 0 Å². The number of hydrogen-bond acceptors (Lipinski definition) is 2. The molecule has 19 heavy (non-hydrogen) atoms. The summed E-state index contributed by atoms with van der Waals surface area (Å²) < 4.78 is 0. The molecule has 0 atom stereocenters. The zero-order valence-electron chi connectivity index (χ0n) is 10.1. The summed E-state index contributed by atoms with van der Waals surface area (Å²) in [4.78, 5) is 25.2. The molecule has 2 aromatic carbocycles. The van der Waals surface area contributed by atoms with Crippen LogP contribution in [0.25, 0.3) is 0 Å². The van der Waals surface area contributed by atoms with Crippen molar-refractivity contribution in [2.24, 2.45) is 0 Å². The van der Waals surface area contributed by atoms with E-state index in [1.807, 2.05) is 6.07 Å². The summed E-state index contributed by atoms with van der Waals surface area (Å²) in [5.41, 5.74) is -0.113. The first-order chi connectivity index (χ1) is 9.21. The third-order valence-electron chi connectivity index (χ3n) is 3.52. The van der Waals surface area contributed by atoms with Crippen LogP contribution in [0.2, 0.25) is 0 Å². The van der Waals surface area contributed by atoms with Crippen molar-refractivity contribution >= 4 is 11.6 Å². The molecule has 2 aromatic rings. The van der Waals surface area contributed by atoms with Crippen LogP contribution in [0.1, 0.15) is 26.3 Å². The van der Waals surface area contributed by atoms with E-state index in [1.165, 1.54) is 0 Å². The fourth-order valence-corrected chi connectivity index (χ4v) is 2.55. The number of terminal acetylenes is 1. The summed E-state index contributed by atoms with van der Waals surface area (Å²) in [6, 6.07) is 15.6. The summed E-state index contributed by atoms with van der Waals surface area (Å²) in [6.45, 7) is 0. The number of benzene rings is 2. The number of rotatable bonds is 1. The van der Waals surface area contributed by atoms with Crippen molar-refractivity contribution in [1.82, 2.24) is 0 Å². The lowest BCUT2D eigenvalue weighted by Crippen LogP contribution is -2.36. The van der Waals surface area contributed by atoms with Crippen LogP contribution in [0, 0.1) is 12.3 Å². The van der Waals surface area contributed by atoms with Gasteiger partial charge in [0.1, 0.15) is 0 Å². The lowest BCUT2D eigenvalue weighted by Gasteiger charge is -2.19. The van der Waals surface area contributed by atoms with Gasteiger partial charge in [-0.15, -0.1) is 6.42 Å². The maximum Gasteiger partial charge on any atom is 0.194 e. The zero-order chi connectivity index (χ0) is 13.5. The molecule has 0 spiro atoms. The van der Waals surface area contributed by atoms with E-state index in [2.05, 4.69) is 5.92 Å². The second-order valence-corrected chi connectivity index (χ2v) is 4.46. The lowest BCUT2D eigenvalue weighted by molar-refractivity contribution is 0.0843. The topological polar surface area (TPSA) is 34.1 Å². The average Bonchev–Trinajstić information content (AvgIpc) is 2.70. The second kappa shape index (κ2) is 3.93. The Labute approximate surface area is 111 Å². The van der Waals surface area contributed by atoms with E-state index in [-0.39, 0.29) is 11.6 Å². The summed E-state index contributed by atoms with van der Waals surface area (Å²) in [7, 11) is 0. The van der Waals surface area contributed by atoms with Crippen molar-refractivity contribution < 1.29 is 9.59 Å². The zero-order valence-corrected chi connectivity index (χ0v) is 10.1. The molecule has 0 heterocycles. The maximum absolute atomic E-state index is 12.6. The molecule has 0 amide bonds. The number of ketones is 2. The lowest BCUT2D eigenvalue weighted by atomic mass is 9.77. The molecule has 2 nitrogen and oxygen atoms in total. The average molecular weight is 246 g/mol. The van der Waals surface area contributed by atoms with Crippen molar-refractivity contribution in [3.8, 4) is 12.3 Å². The minimum atomic E-state index is -1.50. The van der Waals surface area contributed by atoms with Crippen LogP contribution >= 0.6 is 0 Å². The van der Waals surface area contributed by atoms with Gasteiger partial charge >= 0.3 is 0 Å². The first-order valence-corrected chi connectivity index (χ1v) is 5.93. The third kappa shape index (κ3) is 1.33. The van der Waals surface area contributed by atoms with Crippen LogP contribution in [0.3, 0.4) is 0 Å². The van der Waals surface area contributed by atoms with Crippen molar-refractivity contribution in [3.05, 3.63) is 71.3 Å². The van der Waals surface area contributed by atoms with E-state index < -0.39 is 5.41 Å². The smallest absolute Gasteiger partial charge is 0.194 e. The highest BCUT2D eigenvalue weighted by Gasteiger charge is 2.52. The Morgan fingerprint density at radius 3 is 1.74 bits per heavy atom. The highest BCUT2D eigenvalue weighted by molar-refractivity contribution is 6.35. The normalized spacial score (nSPS) is 15.9. The van der Waals surface area contributed by atoms with E-state index in [0.29, 0.717) is 16.7 Å². The first kappa shape index (κ1) is 11.4. The Hall–Kier alpha value is -2.66. The Morgan fingerprint density at radius 2 is 1.26 bits per heavy atom. The Bertz CT molecular complexity index is 685. The Morgan fingerprint density at radius 1 is 0.789 bits per heavy atom. The van der Waals surface area contributed by atoms with Gasteiger partial charge in [-0.05, 0) is 5.56 Å². The molecule has 0 N–H and O–H groups in total. The van der Waals surface area contributed by atoms with Crippen LogP contribution < -0.4 is 0 Å². The van der Waals surface area contributed by atoms with Gasteiger partial charge in [0.25, 0.3) is 0 Å². The molecule has 0 bridgehead atoms. The number of carbonyl (C=O) groups is 2. The number of fused-ring (bicyclic) bond motifs is 1. The summed E-state index contributed by atoms with van der Waals surface area (Å²) >= 11 is 0. The van der Waals surface area contributed by atoms with Gasteiger partial charge in [0, 0.05) is 11.1 Å². The highest BCUT2D eigenvalue weighted by atomic mass is 16.2. The SMILES string of the molecule is C#CC1(c2ccccc2)C(=O)c2ccccc2C1=O. The molecule has 0 saturated carbocycles. The first-order valence-electron chi connectivity index (χ1n) is 5.93. The number of Topliss-reactive ketones (excluding diaryl/α,β-unsaturated/α-hetero) is 2. The van der Waals surface area contributed by atoms with E-state index in [4.69, 9.17) is 6.42 Å². The van der Waals surface area contributed by atoms with E-state index in [9.17, 15) is 9.59 Å². The molecule has 0 unspecified atom stereocenters. The molecule has 1 aliphatic rings. The van der Waals surface area contributed by atoms with Crippen LogP contribution in [-0.2, 0) is 5.41 Å². The molecule has 0 aliphatic heterocycles. The molecule has 1 aliphatic carbocycles. The van der Waals surface area contributed by atoms with Gasteiger partial charge in [-0.25, -0.2) is 0 Å². The molecule has 0 aromatic heterocycles. The molecular formula is C17H10O2. The van der Waals surface area contributed by atoms with E-state index in [1.54, 1.807) is 48.5 Å². The molecule has 0 fully saturated rings. The monoisotopic (exact) mass is 246 g/mol. The minimum Gasteiger partial charge on any atom is -0.292 e. The van der Waals surface area contributed by atoms with Gasteiger partial charge in [0.15, 0.2) is 17.0 Å². The fourth-order valence-electron chi connectivity index (χ4n) is 2.55. The largest absolute Gasteiger partial charge is 0.292 e. The van der Waals surface area contributed by atoms with Gasteiger partial charge < -0.3 is 0 Å². The molecular weight excluding hydrogens is 236 g/mol. The molecule has 90 valence electrons. The standard InChI is InChI=1S/C17H10O2/c1-2-17(12-8-4-3-5-9-12)15(18)13-10-6-7-11-14(13)16(17)19/h1,3-11H. The van der Waals surface area contributed by atoms with Gasteiger partial charge in [-0.2, -0.15) is 0 Å². The second-order valence-electron chi connectivity index (χ2n) is 4.46. The van der Waals surface area contributed by atoms with Crippen LogP contribution in [0.15, 0.2) is 54.6 Å². The van der Waals surface area contributed by atoms with Crippen molar-refractivity contribution in [2.45, 2.75) is 5.41 Å². The third-order valence-corrected chi connectivity index (χ3v) is 3.52. The molecule has 0 radical (unpaired) electrons. The van der Waals surface area contributed by atoms with Crippen molar-refractivity contribution in [2.75, 3.05) is 0 Å². The molecule has 3 rings (SSSR count). The number of hydrogen-bond donors (Lipinski definition) is 0. The fraction of sp³-hybridized carbons (Fsp3) is 0.0588. The predicted octanol–water partition coefficient (Wildman–Crippen LogP) is 2.64. The Kier molecular flexibility index (Phi) is 2.36. The summed E-state index contributed by atoms with van der Waals surface area (Å²) in [5, 5.41) is 0. The van der Waals surface area contributed by atoms with Gasteiger partial charge in [-0.3, -0.25) is 9.59 Å². The summed E-state index contributed by atoms with van der Waals surface area (Å²) in [6.07, 6.45) is 5.57. The van der Waals surface area contributed by atoms with Gasteiger partial charge in [-0.1, -0.05) is 60.5 Å². The van der Waals surface area contributed by atoms with E-state index in [0.717, 1.165) is 0 Å². The highest BCUT2D eigenvalue weighted by Crippen LogP contribution is 2.39. The molecule has 0 saturated heterocycles. The predicted molar refractivity (Wildman–Crippen MR) is 72.1 cm³/mol. The Balaban J connectivity index is 2.30. The quantitative estimate of drug-likeness (QED) is 0.572. The van der Waals surface area contributed by atoms with Crippen LogP contribution in [0.4, 0.5) is 0 Å². The van der Waals surface area contributed by atoms with Gasteiger partial charge in [0.2, 0.25) is 0 Å². The van der Waals surface area contributed by atoms with Crippen LogP contribution in [-0.4, -0.2) is 11.6 Å². The van der Waals surface area contributed by atoms with Gasteiger partial charge in [0.05, 0.1) is 0 Å². The van der Waals surface area contributed by atoms with Crippen LogP contribution in [0.5, 0.6) is 0 Å².